The number of aromatic nitrogens is 3. The molecule has 0 aliphatic rings. The van der Waals surface area contributed by atoms with E-state index in [0.717, 1.165) is 21.8 Å². The van der Waals surface area contributed by atoms with E-state index in [1.807, 2.05) is 30.5 Å². The van der Waals surface area contributed by atoms with Gasteiger partial charge in [0.2, 0.25) is 0 Å². The summed E-state index contributed by atoms with van der Waals surface area (Å²) in [5.74, 6) is 2.81. The van der Waals surface area contributed by atoms with Crippen LogP contribution in [0.15, 0.2) is 70.4 Å². The van der Waals surface area contributed by atoms with Crippen molar-refractivity contribution in [3.05, 3.63) is 88.0 Å². The molecule has 0 aliphatic carbocycles. The number of fused-ring (bicyclic) bond motifs is 2. The van der Waals surface area contributed by atoms with Gasteiger partial charge in [-0.25, -0.2) is 23.7 Å². The Morgan fingerprint density at radius 1 is 0.935 bits per heavy atom. The maximum Gasteiger partial charge on any atom is 0.187 e. The minimum absolute atomic E-state index is 0.0996. The van der Waals surface area contributed by atoms with E-state index in [2.05, 4.69) is 96.4 Å². The van der Waals surface area contributed by atoms with Crippen molar-refractivity contribution in [1.29, 1.82) is 0 Å². The summed E-state index contributed by atoms with van der Waals surface area (Å²) in [6.45, 7) is 13.9. The predicted molar refractivity (Wildman–Crippen MR) is 196 cm³/mol. The van der Waals surface area contributed by atoms with Crippen LogP contribution < -0.4 is 5.32 Å². The van der Waals surface area contributed by atoms with Crippen molar-refractivity contribution in [3.8, 4) is 22.7 Å². The lowest BCUT2D eigenvalue weighted by molar-refractivity contribution is 0.626. The van der Waals surface area contributed by atoms with Crippen LogP contribution in [0.2, 0.25) is 16.6 Å². The molecule has 0 radical (unpaired) electrons. The largest absolute Gasteiger partial charge is 0.369 e. The molecule has 0 unspecified atom stereocenters. The number of thioether (sulfide) groups is 1. The topological polar surface area (TPSA) is 50.7 Å². The van der Waals surface area contributed by atoms with Crippen LogP contribution in [0, 0.1) is 23.1 Å². The van der Waals surface area contributed by atoms with Gasteiger partial charge < -0.3 is 5.32 Å². The van der Waals surface area contributed by atoms with Gasteiger partial charge in [-0.3, -0.25) is 0 Å². The van der Waals surface area contributed by atoms with E-state index in [4.69, 9.17) is 4.98 Å². The second-order valence-corrected chi connectivity index (χ2v) is 19.8. The highest BCUT2D eigenvalue weighted by atomic mass is 79.9. The van der Waals surface area contributed by atoms with E-state index in [0.29, 0.717) is 50.5 Å². The zero-order chi connectivity index (χ0) is 33.2. The quantitative estimate of drug-likeness (QED) is 0.0712. The van der Waals surface area contributed by atoms with Gasteiger partial charge in [0.15, 0.2) is 11.0 Å². The molecule has 4 nitrogen and oxygen atoms in total. The van der Waals surface area contributed by atoms with Crippen LogP contribution in [-0.2, 0) is 6.42 Å². The number of hydrogen-bond acceptors (Lipinski definition) is 5. The lowest BCUT2D eigenvalue weighted by atomic mass is 9.96. The maximum atomic E-state index is 16.6. The van der Waals surface area contributed by atoms with Crippen LogP contribution in [0.25, 0.3) is 32.9 Å². The van der Waals surface area contributed by atoms with Crippen LogP contribution in [0.1, 0.15) is 52.7 Å². The molecule has 46 heavy (non-hydrogen) atoms. The molecule has 0 spiro atoms. The first kappa shape index (κ1) is 34.0. The van der Waals surface area contributed by atoms with Crippen molar-refractivity contribution in [2.24, 2.45) is 0 Å². The summed E-state index contributed by atoms with van der Waals surface area (Å²) in [5, 5.41) is 5.68. The summed E-state index contributed by atoms with van der Waals surface area (Å²) in [4.78, 5) is 13.8. The Kier molecular flexibility index (Phi) is 10.5. The Morgan fingerprint density at radius 3 is 2.33 bits per heavy atom. The summed E-state index contributed by atoms with van der Waals surface area (Å²) in [6, 6.07) is 16.8. The average Bonchev–Trinajstić information content (AvgIpc) is 3.02. The first-order valence-corrected chi connectivity index (χ1v) is 19.9. The van der Waals surface area contributed by atoms with Crippen LogP contribution in [0.5, 0.6) is 0 Å². The molecule has 0 saturated heterocycles. The lowest BCUT2D eigenvalue weighted by Gasteiger charge is -2.38. The minimum Gasteiger partial charge on any atom is -0.369 e. The second-order valence-electron chi connectivity index (χ2n) is 12.5. The third-order valence-electron chi connectivity index (χ3n) is 8.96. The molecular formula is C37H39BrF2N4SSi. The summed E-state index contributed by atoms with van der Waals surface area (Å²) in [7, 11) is -2.18. The Balaban J connectivity index is 1.72. The van der Waals surface area contributed by atoms with Gasteiger partial charge in [-0.1, -0.05) is 112 Å². The highest BCUT2D eigenvalue weighted by Crippen LogP contribution is 2.42. The van der Waals surface area contributed by atoms with Gasteiger partial charge in [0.05, 0.1) is 10.9 Å². The second kappa shape index (κ2) is 14.2. The third-order valence-corrected chi connectivity index (χ3v) is 16.3. The number of hydrogen-bond donors (Lipinski definition) is 1. The molecule has 2 aromatic heterocycles. The normalized spacial score (nSPS) is 11.9. The first-order valence-electron chi connectivity index (χ1n) is 15.6. The van der Waals surface area contributed by atoms with Gasteiger partial charge in [-0.15, -0.1) is 5.54 Å². The Morgan fingerprint density at radius 2 is 1.65 bits per heavy atom. The van der Waals surface area contributed by atoms with E-state index in [-0.39, 0.29) is 16.8 Å². The zero-order valence-corrected chi connectivity index (χ0v) is 30.7. The molecule has 0 aliphatic heterocycles. The number of pyridine rings is 1. The van der Waals surface area contributed by atoms with Gasteiger partial charge in [-0.05, 0) is 58.4 Å². The molecule has 0 fully saturated rings. The summed E-state index contributed by atoms with van der Waals surface area (Å²) in [6.07, 6.45) is 4.19. The fourth-order valence-corrected chi connectivity index (χ4v) is 12.7. The smallest absolute Gasteiger partial charge is 0.187 e. The van der Waals surface area contributed by atoms with E-state index < -0.39 is 19.7 Å². The van der Waals surface area contributed by atoms with Gasteiger partial charge >= 0.3 is 0 Å². The van der Waals surface area contributed by atoms with Crippen LogP contribution in [0.3, 0.4) is 0 Å². The number of anilines is 1. The van der Waals surface area contributed by atoms with Crippen molar-refractivity contribution >= 4 is 63.3 Å². The summed E-state index contributed by atoms with van der Waals surface area (Å²) >= 11 is 4.88. The van der Waals surface area contributed by atoms with Crippen molar-refractivity contribution in [2.75, 3.05) is 18.1 Å². The Labute approximate surface area is 284 Å². The third kappa shape index (κ3) is 6.58. The summed E-state index contributed by atoms with van der Waals surface area (Å²) < 4.78 is 33.5. The number of benzene rings is 3. The minimum atomic E-state index is -2.18. The van der Waals surface area contributed by atoms with Crippen molar-refractivity contribution in [2.45, 2.75) is 69.7 Å². The maximum absolute atomic E-state index is 16.6. The molecule has 238 valence electrons. The molecule has 1 N–H and O–H groups in total. The van der Waals surface area contributed by atoms with E-state index in [1.54, 1.807) is 18.3 Å². The van der Waals surface area contributed by atoms with Crippen LogP contribution >= 0.6 is 27.7 Å². The fraction of sp³-hybridized carbons (Fsp3) is 0.324. The first-order chi connectivity index (χ1) is 22.0. The molecule has 3 aromatic carbocycles. The molecule has 9 heteroatoms. The average molecular weight is 718 g/mol. The highest BCUT2D eigenvalue weighted by Gasteiger charge is 2.41. The Hall–Kier alpha value is -3.32. The molecule has 0 amide bonds. The molecular weight excluding hydrogens is 678 g/mol. The predicted octanol–water partition coefficient (Wildman–Crippen LogP) is 10.8. The monoisotopic (exact) mass is 716 g/mol. The number of nitrogens with one attached hydrogen (secondary N) is 1. The van der Waals surface area contributed by atoms with Gasteiger partial charge in [0.1, 0.15) is 30.9 Å². The van der Waals surface area contributed by atoms with E-state index in [9.17, 15) is 0 Å². The van der Waals surface area contributed by atoms with E-state index in [1.165, 1.54) is 17.8 Å². The van der Waals surface area contributed by atoms with Crippen molar-refractivity contribution in [1.82, 2.24) is 15.0 Å². The molecule has 0 saturated carbocycles. The molecule has 5 rings (SSSR count). The van der Waals surface area contributed by atoms with Crippen molar-refractivity contribution < 1.29 is 8.78 Å². The summed E-state index contributed by atoms with van der Waals surface area (Å²) in [5.41, 5.74) is 6.99. The van der Waals surface area contributed by atoms with Gasteiger partial charge in [-0.2, -0.15) is 0 Å². The molecule has 0 atom stereocenters. The highest BCUT2D eigenvalue weighted by molar-refractivity contribution is 9.10. The SMILES string of the molecule is CSc1ncc2c(NCCc3cccc(Br)c3)nc(-c3cccc4ccc(F)c(C#C[Si](C(C)C)(C(C)C)C(C)C)c34)c(F)c2n1. The molecule has 5 aromatic rings. The fourth-order valence-electron chi connectivity index (χ4n) is 6.75. The van der Waals surface area contributed by atoms with Gasteiger partial charge in [0.25, 0.3) is 0 Å². The van der Waals surface area contributed by atoms with Crippen LogP contribution in [-0.4, -0.2) is 35.8 Å². The number of nitrogens with zero attached hydrogens (tertiary/aromatic N) is 3. The van der Waals surface area contributed by atoms with Crippen LogP contribution in [0.4, 0.5) is 14.6 Å². The molecule has 0 bridgehead atoms. The number of rotatable bonds is 9. The van der Waals surface area contributed by atoms with Crippen molar-refractivity contribution in [3.63, 3.8) is 0 Å². The lowest BCUT2D eigenvalue weighted by Crippen LogP contribution is -2.43. The molecule has 2 heterocycles. The Bertz CT molecular complexity index is 1950. The standard InChI is InChI=1S/C37H39BrF2N4SSi/c1-22(2)46(23(3)4,24(5)6)19-17-28-31(39)15-14-26-11-9-13-29(32(26)28)34-33(40)35-30(21-42-37(44-35)45-7)36(43-34)41-18-16-25-10-8-12-27(38)20-25/h8-15,20-24H,16,18H2,1-7H3,(H,41,43). The van der Waals surface area contributed by atoms with E-state index >= 15 is 8.78 Å². The number of halogens is 3. The van der Waals surface area contributed by atoms with Gasteiger partial charge in [0, 0.05) is 28.2 Å². The zero-order valence-electron chi connectivity index (χ0n) is 27.3.